The van der Waals surface area contributed by atoms with E-state index in [1.807, 2.05) is 24.3 Å². The minimum absolute atomic E-state index is 0.114. The lowest BCUT2D eigenvalue weighted by Gasteiger charge is -2.33. The fourth-order valence-electron chi connectivity index (χ4n) is 3.49. The van der Waals surface area contributed by atoms with Gasteiger partial charge in [0.15, 0.2) is 9.84 Å². The topological polar surface area (TPSA) is 43.4 Å². The second-order valence-electron chi connectivity index (χ2n) is 6.35. The number of allylic oxidation sites excluding steroid dienone is 1. The number of rotatable bonds is 6. The summed E-state index contributed by atoms with van der Waals surface area (Å²) in [5.41, 5.74) is 2.52. The largest absolute Gasteiger partial charge is 0.377 e. The van der Waals surface area contributed by atoms with Gasteiger partial charge in [0.25, 0.3) is 0 Å². The Morgan fingerprint density at radius 3 is 2.73 bits per heavy atom. The van der Waals surface area contributed by atoms with Crippen molar-refractivity contribution in [3.63, 3.8) is 0 Å². The smallest absolute Gasteiger partial charge is 0.159 e. The first-order chi connectivity index (χ1) is 10.7. The van der Waals surface area contributed by atoms with Crippen molar-refractivity contribution in [2.24, 2.45) is 0 Å². The van der Waals surface area contributed by atoms with Crippen LogP contribution < -0.4 is 0 Å². The molecule has 0 amide bonds. The molecule has 0 saturated carbocycles. The molecule has 3 nitrogen and oxygen atoms in total. The van der Waals surface area contributed by atoms with Crippen LogP contribution in [0.5, 0.6) is 0 Å². The van der Waals surface area contributed by atoms with Crippen LogP contribution in [-0.4, -0.2) is 25.5 Å². The lowest BCUT2D eigenvalue weighted by molar-refractivity contribution is 0.118. The van der Waals surface area contributed by atoms with E-state index in [1.54, 1.807) is 0 Å². The second kappa shape index (κ2) is 6.97. The molecule has 0 spiro atoms. The summed E-state index contributed by atoms with van der Waals surface area (Å²) in [6.07, 6.45) is 7.43. The molecule has 1 aromatic carbocycles. The second-order valence-corrected chi connectivity index (χ2v) is 8.80. The zero-order valence-electron chi connectivity index (χ0n) is 12.9. The highest BCUT2D eigenvalue weighted by atomic mass is 32.2. The molecule has 0 aromatic heterocycles. The molecule has 22 heavy (non-hydrogen) atoms. The van der Waals surface area contributed by atoms with Crippen molar-refractivity contribution >= 4 is 9.84 Å². The molecule has 2 heterocycles. The zero-order chi connectivity index (χ0) is 15.4. The molecule has 0 radical (unpaired) electrons. The van der Waals surface area contributed by atoms with Crippen LogP contribution >= 0.6 is 0 Å². The van der Waals surface area contributed by atoms with Gasteiger partial charge in [-0.3, -0.25) is 0 Å². The first kappa shape index (κ1) is 15.8. The van der Waals surface area contributed by atoms with Crippen LogP contribution in [0.1, 0.15) is 44.1 Å². The first-order valence-electron chi connectivity index (χ1n) is 8.20. The normalized spacial score (nSPS) is 26.5. The Bertz CT molecular complexity index is 619. The highest BCUT2D eigenvalue weighted by Crippen LogP contribution is 2.36. The van der Waals surface area contributed by atoms with Gasteiger partial charge < -0.3 is 4.74 Å². The van der Waals surface area contributed by atoms with Gasteiger partial charge >= 0.3 is 0 Å². The summed E-state index contributed by atoms with van der Waals surface area (Å²) in [6.45, 7) is 1.38. The van der Waals surface area contributed by atoms with Crippen molar-refractivity contribution in [2.45, 2.75) is 55.6 Å². The summed E-state index contributed by atoms with van der Waals surface area (Å²) < 4.78 is 30.1. The summed E-state index contributed by atoms with van der Waals surface area (Å²) in [7, 11) is -2.88. The quantitative estimate of drug-likeness (QED) is 0.593. The molecule has 4 heteroatoms. The molecule has 1 saturated heterocycles. The Balaban J connectivity index is 1.44. The molecule has 120 valence electrons. The van der Waals surface area contributed by atoms with Gasteiger partial charge in [-0.15, -0.1) is 0 Å². The molecule has 2 atom stereocenters. The van der Waals surface area contributed by atoms with Crippen molar-refractivity contribution in [1.29, 1.82) is 0 Å². The SMILES string of the molecule is O=S1(=O)C2C=C(CCCOCc3ccccc3)CC1CCC2. The maximum Gasteiger partial charge on any atom is 0.159 e. The Morgan fingerprint density at radius 2 is 1.95 bits per heavy atom. The fraction of sp³-hybridized carbons (Fsp3) is 0.556. The van der Waals surface area contributed by atoms with E-state index in [2.05, 4.69) is 12.1 Å². The van der Waals surface area contributed by atoms with Gasteiger partial charge in [-0.1, -0.05) is 48.4 Å². The molecular weight excluding hydrogens is 296 g/mol. The Hall–Kier alpha value is -1.13. The highest BCUT2D eigenvalue weighted by Gasteiger charge is 2.39. The number of ether oxygens (including phenoxy) is 1. The van der Waals surface area contributed by atoms with Crippen molar-refractivity contribution in [3.8, 4) is 0 Å². The molecule has 1 fully saturated rings. The molecule has 2 aliphatic rings. The Labute approximate surface area is 133 Å². The first-order valence-corrected chi connectivity index (χ1v) is 9.81. The average Bonchev–Trinajstić information content (AvgIpc) is 2.48. The van der Waals surface area contributed by atoms with Crippen molar-refractivity contribution in [3.05, 3.63) is 47.5 Å². The molecule has 2 aliphatic heterocycles. The molecule has 2 unspecified atom stereocenters. The van der Waals surface area contributed by atoms with Crippen molar-refractivity contribution in [2.75, 3.05) is 6.61 Å². The minimum atomic E-state index is -2.88. The number of sulfone groups is 1. The maximum absolute atomic E-state index is 12.2. The third-order valence-electron chi connectivity index (χ3n) is 4.71. The third kappa shape index (κ3) is 3.61. The monoisotopic (exact) mass is 320 g/mol. The van der Waals surface area contributed by atoms with Crippen LogP contribution in [0.25, 0.3) is 0 Å². The van der Waals surface area contributed by atoms with Gasteiger partial charge in [-0.05, 0) is 37.7 Å². The molecule has 3 rings (SSSR count). The van der Waals surface area contributed by atoms with Crippen LogP contribution in [0.4, 0.5) is 0 Å². The summed E-state index contributed by atoms with van der Waals surface area (Å²) in [5, 5.41) is -0.322. The summed E-state index contributed by atoms with van der Waals surface area (Å²) in [5.74, 6) is 0. The van der Waals surface area contributed by atoms with E-state index < -0.39 is 9.84 Å². The Kier molecular flexibility index (Phi) is 4.99. The molecule has 0 aliphatic carbocycles. The fourth-order valence-corrected chi connectivity index (χ4v) is 5.81. The molecular formula is C18H24O3S. The summed E-state index contributed by atoms with van der Waals surface area (Å²) >= 11 is 0. The third-order valence-corrected chi connectivity index (χ3v) is 7.26. The van der Waals surface area contributed by atoms with Crippen LogP contribution in [-0.2, 0) is 21.2 Å². The predicted octanol–water partition coefficient (Wildman–Crippen LogP) is 3.65. The van der Waals surface area contributed by atoms with E-state index in [0.717, 1.165) is 45.1 Å². The van der Waals surface area contributed by atoms with E-state index >= 15 is 0 Å². The lowest BCUT2D eigenvalue weighted by Crippen LogP contribution is -2.38. The predicted molar refractivity (Wildman–Crippen MR) is 88.4 cm³/mol. The van der Waals surface area contributed by atoms with E-state index in [4.69, 9.17) is 4.74 Å². The Morgan fingerprint density at radius 1 is 1.14 bits per heavy atom. The van der Waals surface area contributed by atoms with Crippen LogP contribution in [0.2, 0.25) is 0 Å². The summed E-state index contributed by atoms with van der Waals surface area (Å²) in [6, 6.07) is 10.2. The average molecular weight is 320 g/mol. The van der Waals surface area contributed by atoms with Gasteiger partial charge in [-0.2, -0.15) is 0 Å². The summed E-state index contributed by atoms with van der Waals surface area (Å²) in [4.78, 5) is 0. The number of fused-ring (bicyclic) bond motifs is 2. The van der Waals surface area contributed by atoms with Crippen LogP contribution in [0.3, 0.4) is 0 Å². The van der Waals surface area contributed by atoms with Gasteiger partial charge in [0.1, 0.15) is 0 Å². The molecule has 2 bridgehead atoms. The maximum atomic E-state index is 12.2. The van der Waals surface area contributed by atoms with E-state index in [9.17, 15) is 8.42 Å². The molecule has 0 N–H and O–H groups in total. The van der Waals surface area contributed by atoms with E-state index in [-0.39, 0.29) is 10.5 Å². The minimum Gasteiger partial charge on any atom is -0.377 e. The van der Waals surface area contributed by atoms with Crippen molar-refractivity contribution in [1.82, 2.24) is 0 Å². The van der Waals surface area contributed by atoms with Gasteiger partial charge in [0.05, 0.1) is 17.1 Å². The van der Waals surface area contributed by atoms with Crippen LogP contribution in [0.15, 0.2) is 42.0 Å². The standard InChI is InChI=1S/C18H24O3S/c19-22(20)17-9-4-10-18(22)13-16(12-17)8-5-11-21-14-15-6-2-1-3-7-15/h1-3,6-7,12,17-18H,4-5,8-11,13-14H2. The number of benzene rings is 1. The highest BCUT2D eigenvalue weighted by molar-refractivity contribution is 7.92. The van der Waals surface area contributed by atoms with Gasteiger partial charge in [0, 0.05) is 6.61 Å². The van der Waals surface area contributed by atoms with Crippen LogP contribution in [0, 0.1) is 0 Å². The number of hydrogen-bond donors (Lipinski definition) is 0. The van der Waals surface area contributed by atoms with Gasteiger partial charge in [0.2, 0.25) is 0 Å². The van der Waals surface area contributed by atoms with Gasteiger partial charge in [-0.25, -0.2) is 8.42 Å². The lowest BCUT2D eigenvalue weighted by atomic mass is 9.95. The number of hydrogen-bond acceptors (Lipinski definition) is 3. The van der Waals surface area contributed by atoms with Crippen molar-refractivity contribution < 1.29 is 13.2 Å². The molecule has 1 aromatic rings. The van der Waals surface area contributed by atoms with E-state index in [1.165, 1.54) is 11.1 Å². The zero-order valence-corrected chi connectivity index (χ0v) is 13.7. The van der Waals surface area contributed by atoms with E-state index in [0.29, 0.717) is 6.61 Å².